The second-order valence-electron chi connectivity index (χ2n) is 6.05. The lowest BCUT2D eigenvalue weighted by Gasteiger charge is -2.06. The van der Waals surface area contributed by atoms with Gasteiger partial charge in [0.1, 0.15) is 5.82 Å². The molecule has 2 heterocycles. The van der Waals surface area contributed by atoms with Gasteiger partial charge in [-0.25, -0.2) is 4.39 Å². The topological polar surface area (TPSA) is 17.0 Å². The van der Waals surface area contributed by atoms with Crippen LogP contribution in [-0.2, 0) is 6.54 Å². The summed E-state index contributed by atoms with van der Waals surface area (Å²) in [4.78, 5) is 0. The predicted molar refractivity (Wildman–Crippen MR) is 87.7 cm³/mol. The molecule has 1 aromatic heterocycles. The summed E-state index contributed by atoms with van der Waals surface area (Å²) in [6.07, 6.45) is 3.45. The van der Waals surface area contributed by atoms with Crippen LogP contribution < -0.4 is 5.32 Å². The quantitative estimate of drug-likeness (QED) is 0.775. The van der Waals surface area contributed by atoms with Crippen LogP contribution in [0, 0.1) is 5.82 Å². The molecule has 4 rings (SSSR count). The molecule has 0 spiro atoms. The monoisotopic (exact) mass is 294 g/mol. The van der Waals surface area contributed by atoms with Crippen LogP contribution in [0.15, 0.2) is 54.7 Å². The Balaban J connectivity index is 1.77. The molecule has 1 aliphatic heterocycles. The Morgan fingerprint density at radius 2 is 2.05 bits per heavy atom. The summed E-state index contributed by atoms with van der Waals surface area (Å²) < 4.78 is 15.7. The van der Waals surface area contributed by atoms with Crippen molar-refractivity contribution in [1.82, 2.24) is 9.88 Å². The van der Waals surface area contributed by atoms with Crippen molar-refractivity contribution >= 4 is 10.9 Å². The molecular formula is C19H19FN2. The molecule has 1 N–H and O–H groups in total. The molecule has 1 unspecified atom stereocenters. The lowest BCUT2D eigenvalue weighted by atomic mass is 9.98. The molecule has 0 amide bonds. The van der Waals surface area contributed by atoms with Gasteiger partial charge in [-0.15, -0.1) is 0 Å². The fourth-order valence-corrected chi connectivity index (χ4v) is 3.48. The van der Waals surface area contributed by atoms with Crippen LogP contribution in [0.5, 0.6) is 0 Å². The van der Waals surface area contributed by atoms with Crippen LogP contribution in [0.3, 0.4) is 0 Å². The Morgan fingerprint density at radius 1 is 1.14 bits per heavy atom. The molecule has 22 heavy (non-hydrogen) atoms. The molecule has 2 aromatic carbocycles. The van der Waals surface area contributed by atoms with Gasteiger partial charge >= 0.3 is 0 Å². The Morgan fingerprint density at radius 3 is 2.86 bits per heavy atom. The van der Waals surface area contributed by atoms with Crippen molar-refractivity contribution in [3.05, 3.63) is 71.7 Å². The van der Waals surface area contributed by atoms with Gasteiger partial charge in [0.15, 0.2) is 0 Å². The highest BCUT2D eigenvalue weighted by Gasteiger charge is 2.21. The highest BCUT2D eigenvalue weighted by atomic mass is 19.1. The number of fused-ring (bicyclic) bond motifs is 1. The second kappa shape index (κ2) is 5.58. The molecule has 2 nitrogen and oxygen atoms in total. The molecule has 0 aliphatic carbocycles. The van der Waals surface area contributed by atoms with Gasteiger partial charge in [0.25, 0.3) is 0 Å². The van der Waals surface area contributed by atoms with E-state index in [0.717, 1.165) is 18.7 Å². The van der Waals surface area contributed by atoms with Crippen molar-refractivity contribution in [3.63, 3.8) is 0 Å². The van der Waals surface area contributed by atoms with E-state index in [1.807, 2.05) is 6.07 Å². The fraction of sp³-hybridized carbons (Fsp3) is 0.263. The van der Waals surface area contributed by atoms with Crippen LogP contribution in [0.2, 0.25) is 0 Å². The van der Waals surface area contributed by atoms with E-state index in [0.29, 0.717) is 12.5 Å². The lowest BCUT2D eigenvalue weighted by Crippen LogP contribution is -2.07. The summed E-state index contributed by atoms with van der Waals surface area (Å²) in [6, 6.07) is 15.4. The van der Waals surface area contributed by atoms with Crippen LogP contribution in [-0.4, -0.2) is 17.7 Å². The van der Waals surface area contributed by atoms with Gasteiger partial charge < -0.3 is 9.88 Å². The van der Waals surface area contributed by atoms with E-state index < -0.39 is 0 Å². The van der Waals surface area contributed by atoms with Gasteiger partial charge in [-0.05, 0) is 48.2 Å². The van der Waals surface area contributed by atoms with E-state index in [9.17, 15) is 4.39 Å². The smallest absolute Gasteiger partial charge is 0.123 e. The van der Waals surface area contributed by atoms with Crippen molar-refractivity contribution in [2.24, 2.45) is 0 Å². The third-order valence-corrected chi connectivity index (χ3v) is 4.56. The van der Waals surface area contributed by atoms with E-state index in [1.54, 1.807) is 12.1 Å². The molecule has 3 heteroatoms. The van der Waals surface area contributed by atoms with Gasteiger partial charge in [0.05, 0.1) is 0 Å². The maximum Gasteiger partial charge on any atom is 0.123 e. The summed E-state index contributed by atoms with van der Waals surface area (Å²) >= 11 is 0. The summed E-state index contributed by atoms with van der Waals surface area (Å²) in [5.74, 6) is 0.410. The molecule has 0 saturated carbocycles. The summed E-state index contributed by atoms with van der Waals surface area (Å²) in [5.41, 5.74) is 3.64. The standard InChI is InChI=1S/C19H19FN2/c20-16-5-3-4-14(10-16)12-22-13-18(15-8-9-21-11-15)17-6-1-2-7-19(17)22/h1-7,10,13,15,21H,8-9,11-12H2. The first-order chi connectivity index (χ1) is 10.8. The number of halogens is 1. The minimum absolute atomic E-state index is 0.172. The van der Waals surface area contributed by atoms with Gasteiger partial charge in [0.2, 0.25) is 0 Å². The molecule has 0 radical (unpaired) electrons. The van der Waals surface area contributed by atoms with Crippen LogP contribution in [0.25, 0.3) is 10.9 Å². The number of benzene rings is 2. The normalized spacial score (nSPS) is 18.1. The number of hydrogen-bond acceptors (Lipinski definition) is 1. The first kappa shape index (κ1) is 13.5. The average molecular weight is 294 g/mol. The Bertz CT molecular complexity index is 800. The minimum atomic E-state index is -0.172. The zero-order valence-corrected chi connectivity index (χ0v) is 12.4. The Kier molecular flexibility index (Phi) is 3.43. The molecule has 0 bridgehead atoms. The molecule has 112 valence electrons. The van der Waals surface area contributed by atoms with Gasteiger partial charge in [-0.3, -0.25) is 0 Å². The van der Waals surface area contributed by atoms with E-state index in [-0.39, 0.29) is 5.82 Å². The largest absolute Gasteiger partial charge is 0.343 e. The highest BCUT2D eigenvalue weighted by molar-refractivity contribution is 5.84. The number of para-hydroxylation sites is 1. The van der Waals surface area contributed by atoms with Crippen molar-refractivity contribution in [2.75, 3.05) is 13.1 Å². The molecular weight excluding hydrogens is 275 g/mol. The van der Waals surface area contributed by atoms with E-state index >= 15 is 0 Å². The van der Waals surface area contributed by atoms with Gasteiger partial charge in [0, 0.05) is 30.2 Å². The fourth-order valence-electron chi connectivity index (χ4n) is 3.48. The zero-order chi connectivity index (χ0) is 14.9. The Hall–Kier alpha value is -2.13. The number of nitrogens with zero attached hydrogens (tertiary/aromatic N) is 1. The maximum atomic E-state index is 13.4. The number of hydrogen-bond donors (Lipinski definition) is 1. The van der Waals surface area contributed by atoms with Crippen LogP contribution >= 0.6 is 0 Å². The van der Waals surface area contributed by atoms with E-state index in [4.69, 9.17) is 0 Å². The van der Waals surface area contributed by atoms with Crippen molar-refractivity contribution in [1.29, 1.82) is 0 Å². The van der Waals surface area contributed by atoms with Crippen molar-refractivity contribution < 1.29 is 4.39 Å². The van der Waals surface area contributed by atoms with Crippen LogP contribution in [0.1, 0.15) is 23.5 Å². The second-order valence-corrected chi connectivity index (χ2v) is 6.05. The molecule has 1 atom stereocenters. The third kappa shape index (κ3) is 2.42. The maximum absolute atomic E-state index is 13.4. The zero-order valence-electron chi connectivity index (χ0n) is 12.4. The van der Waals surface area contributed by atoms with Crippen molar-refractivity contribution in [2.45, 2.75) is 18.9 Å². The molecule has 1 saturated heterocycles. The van der Waals surface area contributed by atoms with E-state index in [2.05, 4.69) is 40.3 Å². The van der Waals surface area contributed by atoms with E-state index in [1.165, 1.54) is 29.0 Å². The SMILES string of the molecule is Fc1cccc(Cn2cc(C3CCNC3)c3ccccc32)c1. The van der Waals surface area contributed by atoms with Crippen molar-refractivity contribution in [3.8, 4) is 0 Å². The lowest BCUT2D eigenvalue weighted by molar-refractivity contribution is 0.624. The highest BCUT2D eigenvalue weighted by Crippen LogP contribution is 2.31. The van der Waals surface area contributed by atoms with Crippen LogP contribution in [0.4, 0.5) is 4.39 Å². The number of rotatable bonds is 3. The minimum Gasteiger partial charge on any atom is -0.343 e. The van der Waals surface area contributed by atoms with Gasteiger partial charge in [-0.1, -0.05) is 30.3 Å². The summed E-state index contributed by atoms with van der Waals surface area (Å²) in [5, 5.41) is 4.77. The molecule has 3 aromatic rings. The molecule has 1 aliphatic rings. The first-order valence-corrected chi connectivity index (χ1v) is 7.84. The number of aromatic nitrogens is 1. The van der Waals surface area contributed by atoms with Gasteiger partial charge in [-0.2, -0.15) is 0 Å². The third-order valence-electron chi connectivity index (χ3n) is 4.56. The average Bonchev–Trinajstić information content (AvgIpc) is 3.16. The first-order valence-electron chi connectivity index (χ1n) is 7.84. The molecule has 1 fully saturated rings. The number of nitrogens with one attached hydrogen (secondary N) is 1. The predicted octanol–water partition coefficient (Wildman–Crippen LogP) is 3.91. The summed E-state index contributed by atoms with van der Waals surface area (Å²) in [6.45, 7) is 2.85. The summed E-state index contributed by atoms with van der Waals surface area (Å²) in [7, 11) is 0. The Labute approximate surface area is 129 Å².